The van der Waals surface area contributed by atoms with Gasteiger partial charge in [-0.1, -0.05) is 91.0 Å². The first-order valence-corrected chi connectivity index (χ1v) is 16.3. The lowest BCUT2D eigenvalue weighted by Crippen LogP contribution is -2.61. The summed E-state index contributed by atoms with van der Waals surface area (Å²) in [5.74, 6) is -0.974. The Morgan fingerprint density at radius 1 is 0.592 bits per heavy atom. The molecule has 0 amide bonds. The van der Waals surface area contributed by atoms with Gasteiger partial charge in [0.15, 0.2) is 12.6 Å². The standard InChI is InChI=1S/C38H44O11/c1-26(39)42-24-32-31(47-27(2)40)19-20-34(48-32)43-25-33-35(44-21-28-13-7-4-8-14-28)36(45-22-29-15-9-5-10-16-29)37(38(41-3)49-33)46-23-30-17-11-6-12-18-30/h4-20,31-38H,21-25H2,1-3H3/t31-,32?,33?,34+,35?,36?,37?,38?/m0/s1. The molecule has 11 heteroatoms. The van der Waals surface area contributed by atoms with Gasteiger partial charge in [0.1, 0.15) is 43.2 Å². The van der Waals surface area contributed by atoms with E-state index in [0.29, 0.717) is 13.2 Å². The van der Waals surface area contributed by atoms with E-state index in [2.05, 4.69) is 0 Å². The van der Waals surface area contributed by atoms with Crippen molar-refractivity contribution in [2.75, 3.05) is 20.3 Å². The Morgan fingerprint density at radius 3 is 1.63 bits per heavy atom. The maximum Gasteiger partial charge on any atom is 0.303 e. The SMILES string of the molecule is COC1OC(CO[C@H]2C=C[C@H](OC(C)=O)C(COC(C)=O)O2)C(OCc2ccccc2)C(OCc2ccccc2)C1OCc1ccccc1. The smallest absolute Gasteiger partial charge is 0.303 e. The van der Waals surface area contributed by atoms with Gasteiger partial charge in [-0.25, -0.2) is 0 Å². The zero-order valence-electron chi connectivity index (χ0n) is 28.0. The third-order valence-corrected chi connectivity index (χ3v) is 7.99. The minimum absolute atomic E-state index is 0.0173. The Kier molecular flexibility index (Phi) is 13.9. The Hall–Kier alpha value is -3.94. The topological polar surface area (TPSA) is 117 Å². The van der Waals surface area contributed by atoms with Crippen LogP contribution in [0.15, 0.2) is 103 Å². The van der Waals surface area contributed by atoms with Gasteiger partial charge in [-0.05, 0) is 28.8 Å². The molecule has 11 nitrogen and oxygen atoms in total. The summed E-state index contributed by atoms with van der Waals surface area (Å²) < 4.78 is 54.9. The fourth-order valence-corrected chi connectivity index (χ4v) is 5.61. The molecule has 2 aliphatic heterocycles. The van der Waals surface area contributed by atoms with E-state index in [-0.39, 0.29) is 19.8 Å². The number of benzene rings is 3. The highest BCUT2D eigenvalue weighted by molar-refractivity contribution is 5.66. The van der Waals surface area contributed by atoms with E-state index in [9.17, 15) is 9.59 Å². The van der Waals surface area contributed by atoms with Gasteiger partial charge in [0.25, 0.3) is 0 Å². The van der Waals surface area contributed by atoms with Crippen LogP contribution < -0.4 is 0 Å². The van der Waals surface area contributed by atoms with Crippen LogP contribution in [0, 0.1) is 0 Å². The van der Waals surface area contributed by atoms with Gasteiger partial charge in [0.05, 0.1) is 26.4 Å². The molecule has 6 unspecified atom stereocenters. The summed E-state index contributed by atoms with van der Waals surface area (Å²) in [5, 5.41) is 0. The second-order valence-electron chi connectivity index (χ2n) is 11.7. The average molecular weight is 677 g/mol. The van der Waals surface area contributed by atoms with Crippen LogP contribution in [0.2, 0.25) is 0 Å². The molecule has 49 heavy (non-hydrogen) atoms. The Morgan fingerprint density at radius 2 is 1.12 bits per heavy atom. The molecule has 3 aromatic rings. The molecule has 1 fully saturated rings. The fraction of sp³-hybridized carbons (Fsp3) is 0.421. The lowest BCUT2D eigenvalue weighted by Gasteiger charge is -2.45. The van der Waals surface area contributed by atoms with E-state index in [4.69, 9.17) is 42.6 Å². The molecule has 2 heterocycles. The zero-order valence-corrected chi connectivity index (χ0v) is 28.0. The molecule has 262 valence electrons. The van der Waals surface area contributed by atoms with Crippen LogP contribution in [0.1, 0.15) is 30.5 Å². The summed E-state index contributed by atoms with van der Waals surface area (Å²) in [7, 11) is 1.56. The second-order valence-corrected chi connectivity index (χ2v) is 11.7. The molecule has 8 atom stereocenters. The van der Waals surface area contributed by atoms with Crippen molar-refractivity contribution in [3.8, 4) is 0 Å². The number of hydrogen-bond acceptors (Lipinski definition) is 11. The summed E-state index contributed by atoms with van der Waals surface area (Å²) in [6.07, 6.45) is -2.52. The monoisotopic (exact) mass is 676 g/mol. The predicted molar refractivity (Wildman–Crippen MR) is 177 cm³/mol. The Bertz CT molecular complexity index is 1450. The molecule has 0 spiro atoms. The van der Waals surface area contributed by atoms with Crippen LogP contribution in [-0.4, -0.2) is 81.5 Å². The van der Waals surface area contributed by atoms with E-state index >= 15 is 0 Å². The number of esters is 2. The van der Waals surface area contributed by atoms with E-state index in [1.54, 1.807) is 19.3 Å². The van der Waals surface area contributed by atoms with Gasteiger partial charge in [0, 0.05) is 21.0 Å². The molecule has 2 aliphatic rings. The Labute approximate surface area is 286 Å². The molecule has 0 N–H and O–H groups in total. The minimum Gasteiger partial charge on any atom is -0.463 e. The molecule has 3 aromatic carbocycles. The van der Waals surface area contributed by atoms with Gasteiger partial charge >= 0.3 is 11.9 Å². The van der Waals surface area contributed by atoms with E-state index in [0.717, 1.165) is 16.7 Å². The Balaban J connectivity index is 1.38. The van der Waals surface area contributed by atoms with Crippen molar-refractivity contribution in [1.82, 2.24) is 0 Å². The normalized spacial score (nSPS) is 26.6. The molecule has 0 bridgehead atoms. The first kappa shape index (κ1) is 36.3. The first-order valence-electron chi connectivity index (χ1n) is 16.3. The number of ether oxygens (including phenoxy) is 9. The molecule has 0 saturated carbocycles. The molecule has 1 saturated heterocycles. The van der Waals surface area contributed by atoms with Gasteiger partial charge in [-0.3, -0.25) is 9.59 Å². The summed E-state index contributed by atoms with van der Waals surface area (Å²) >= 11 is 0. The molecule has 0 aliphatic carbocycles. The van der Waals surface area contributed by atoms with Crippen molar-refractivity contribution >= 4 is 11.9 Å². The van der Waals surface area contributed by atoms with Crippen molar-refractivity contribution in [3.63, 3.8) is 0 Å². The predicted octanol–water partition coefficient (Wildman–Crippen LogP) is 4.91. The third kappa shape index (κ3) is 11.0. The highest BCUT2D eigenvalue weighted by atomic mass is 16.7. The molecular weight excluding hydrogens is 632 g/mol. The van der Waals surface area contributed by atoms with Crippen molar-refractivity contribution in [3.05, 3.63) is 120 Å². The van der Waals surface area contributed by atoms with Crippen molar-refractivity contribution in [2.24, 2.45) is 0 Å². The first-order chi connectivity index (χ1) is 23.9. The molecule has 5 rings (SSSR count). The van der Waals surface area contributed by atoms with Crippen molar-refractivity contribution < 1.29 is 52.2 Å². The number of rotatable bonds is 16. The quantitative estimate of drug-likeness (QED) is 0.152. The lowest BCUT2D eigenvalue weighted by atomic mass is 9.97. The summed E-state index contributed by atoms with van der Waals surface area (Å²) in [4.78, 5) is 23.2. The summed E-state index contributed by atoms with van der Waals surface area (Å²) in [6, 6.07) is 29.5. The van der Waals surface area contributed by atoms with Gasteiger partial charge in [-0.15, -0.1) is 0 Å². The molecular formula is C38H44O11. The lowest BCUT2D eigenvalue weighted by molar-refractivity contribution is -0.327. The van der Waals surface area contributed by atoms with E-state index in [1.807, 2.05) is 91.0 Å². The second kappa shape index (κ2) is 18.7. The van der Waals surface area contributed by atoms with Crippen LogP contribution in [0.25, 0.3) is 0 Å². The maximum absolute atomic E-state index is 11.7. The highest BCUT2D eigenvalue weighted by Gasteiger charge is 2.49. The summed E-state index contributed by atoms with van der Waals surface area (Å²) in [5.41, 5.74) is 2.95. The van der Waals surface area contributed by atoms with Gasteiger partial charge in [0.2, 0.25) is 0 Å². The van der Waals surface area contributed by atoms with Gasteiger partial charge < -0.3 is 42.6 Å². The summed E-state index contributed by atoms with van der Waals surface area (Å²) in [6.45, 7) is 3.38. The number of methoxy groups -OCH3 is 1. The van der Waals surface area contributed by atoms with Crippen molar-refractivity contribution in [1.29, 1.82) is 0 Å². The van der Waals surface area contributed by atoms with Crippen LogP contribution >= 0.6 is 0 Å². The zero-order chi connectivity index (χ0) is 34.4. The van der Waals surface area contributed by atoms with Crippen LogP contribution in [0.5, 0.6) is 0 Å². The van der Waals surface area contributed by atoms with Crippen LogP contribution in [0.4, 0.5) is 0 Å². The third-order valence-electron chi connectivity index (χ3n) is 7.99. The number of hydrogen-bond donors (Lipinski definition) is 0. The largest absolute Gasteiger partial charge is 0.463 e. The van der Waals surface area contributed by atoms with E-state index in [1.165, 1.54) is 13.8 Å². The van der Waals surface area contributed by atoms with Crippen LogP contribution in [0.3, 0.4) is 0 Å². The van der Waals surface area contributed by atoms with Gasteiger partial charge in [-0.2, -0.15) is 0 Å². The number of carbonyl (C=O) groups is 2. The maximum atomic E-state index is 11.7. The fourth-order valence-electron chi connectivity index (χ4n) is 5.61. The van der Waals surface area contributed by atoms with Crippen molar-refractivity contribution in [2.45, 2.75) is 82.9 Å². The molecule has 0 aromatic heterocycles. The molecule has 0 radical (unpaired) electrons. The highest BCUT2D eigenvalue weighted by Crippen LogP contribution is 2.32. The average Bonchev–Trinajstić information content (AvgIpc) is 3.12. The number of carbonyl (C=O) groups excluding carboxylic acids is 2. The van der Waals surface area contributed by atoms with Crippen LogP contribution in [-0.2, 0) is 72.0 Å². The minimum atomic E-state index is -0.859. The van der Waals surface area contributed by atoms with E-state index < -0.39 is 61.1 Å².